The Morgan fingerprint density at radius 1 is 1.39 bits per heavy atom. The maximum absolute atomic E-state index is 11.9. The van der Waals surface area contributed by atoms with Gasteiger partial charge in [0.15, 0.2) is 0 Å². The lowest BCUT2D eigenvalue weighted by Gasteiger charge is -2.21. The van der Waals surface area contributed by atoms with Crippen LogP contribution in [-0.4, -0.2) is 67.7 Å². The summed E-state index contributed by atoms with van der Waals surface area (Å²) in [5.74, 6) is 1.18. The first-order chi connectivity index (χ1) is 8.66. The number of hydrogen-bond acceptors (Lipinski definition) is 5. The van der Waals surface area contributed by atoms with Crippen LogP contribution in [0.15, 0.2) is 0 Å². The fraction of sp³-hybridized carbons (Fsp3) is 0.818. The van der Waals surface area contributed by atoms with Gasteiger partial charge in [0.1, 0.15) is 6.04 Å². The van der Waals surface area contributed by atoms with Crippen molar-refractivity contribution >= 4 is 23.6 Å². The molecule has 1 heterocycles. The highest BCUT2D eigenvalue weighted by Gasteiger charge is 2.32. The van der Waals surface area contributed by atoms with Gasteiger partial charge in [-0.1, -0.05) is 0 Å². The number of nitrogens with zero attached hydrogens (tertiary/aromatic N) is 1. The van der Waals surface area contributed by atoms with Crippen molar-refractivity contribution in [3.8, 4) is 0 Å². The Morgan fingerprint density at radius 2 is 2.17 bits per heavy atom. The van der Waals surface area contributed by atoms with Gasteiger partial charge >= 0.3 is 0 Å². The SMILES string of the molecule is COCCNCCNC(=O)C1CSCN1C(C)=O. The maximum Gasteiger partial charge on any atom is 0.243 e. The van der Waals surface area contributed by atoms with E-state index in [2.05, 4.69) is 10.6 Å². The molecule has 7 heteroatoms. The number of thioether (sulfide) groups is 1. The summed E-state index contributed by atoms with van der Waals surface area (Å²) < 4.78 is 4.89. The molecule has 0 spiro atoms. The lowest BCUT2D eigenvalue weighted by Crippen LogP contribution is -2.47. The zero-order valence-corrected chi connectivity index (χ0v) is 11.7. The van der Waals surface area contributed by atoms with Crippen LogP contribution >= 0.6 is 11.8 Å². The second-order valence-electron chi connectivity index (χ2n) is 4.04. The van der Waals surface area contributed by atoms with Crippen molar-refractivity contribution in [3.63, 3.8) is 0 Å². The standard InChI is InChI=1S/C11H21N3O3S/c1-9(15)14-8-18-7-10(14)11(16)13-4-3-12-5-6-17-2/h10,12H,3-8H2,1-2H3,(H,13,16). The van der Waals surface area contributed by atoms with E-state index in [0.29, 0.717) is 31.3 Å². The number of rotatable bonds is 7. The average molecular weight is 275 g/mol. The second kappa shape index (κ2) is 8.34. The molecule has 0 aliphatic carbocycles. The minimum absolute atomic E-state index is 0.0432. The van der Waals surface area contributed by atoms with Crippen LogP contribution in [0.2, 0.25) is 0 Å². The van der Waals surface area contributed by atoms with E-state index >= 15 is 0 Å². The number of hydrogen-bond donors (Lipinski definition) is 2. The third kappa shape index (κ3) is 4.83. The van der Waals surface area contributed by atoms with Crippen molar-refractivity contribution in [2.75, 3.05) is 45.0 Å². The maximum atomic E-state index is 11.9. The van der Waals surface area contributed by atoms with Crippen LogP contribution in [-0.2, 0) is 14.3 Å². The first kappa shape index (κ1) is 15.3. The van der Waals surface area contributed by atoms with Gasteiger partial charge in [0.05, 0.1) is 12.5 Å². The van der Waals surface area contributed by atoms with Gasteiger partial charge < -0.3 is 20.3 Å². The Hall–Kier alpha value is -0.790. The normalized spacial score (nSPS) is 19.0. The Morgan fingerprint density at radius 3 is 2.83 bits per heavy atom. The fourth-order valence-electron chi connectivity index (χ4n) is 1.66. The molecule has 0 aromatic heterocycles. The molecule has 1 fully saturated rings. The van der Waals surface area contributed by atoms with Gasteiger partial charge in [-0.2, -0.15) is 0 Å². The molecule has 1 unspecified atom stereocenters. The molecule has 0 bridgehead atoms. The van der Waals surface area contributed by atoms with Crippen LogP contribution < -0.4 is 10.6 Å². The third-order valence-electron chi connectivity index (χ3n) is 2.67. The molecule has 0 radical (unpaired) electrons. The number of amides is 2. The van der Waals surface area contributed by atoms with Crippen molar-refractivity contribution < 1.29 is 14.3 Å². The molecule has 1 saturated heterocycles. The highest BCUT2D eigenvalue weighted by Crippen LogP contribution is 2.20. The van der Waals surface area contributed by atoms with E-state index in [4.69, 9.17) is 4.74 Å². The summed E-state index contributed by atoms with van der Waals surface area (Å²) in [5.41, 5.74) is 0. The van der Waals surface area contributed by atoms with E-state index in [1.165, 1.54) is 6.92 Å². The van der Waals surface area contributed by atoms with Gasteiger partial charge in [0, 0.05) is 39.4 Å². The smallest absolute Gasteiger partial charge is 0.243 e. The topological polar surface area (TPSA) is 70.7 Å². The van der Waals surface area contributed by atoms with Gasteiger partial charge in [0.25, 0.3) is 0 Å². The van der Waals surface area contributed by atoms with E-state index in [9.17, 15) is 9.59 Å². The van der Waals surface area contributed by atoms with Gasteiger partial charge in [0.2, 0.25) is 11.8 Å². The summed E-state index contributed by atoms with van der Waals surface area (Å²) in [5, 5.41) is 5.98. The molecule has 1 aliphatic rings. The van der Waals surface area contributed by atoms with Crippen LogP contribution in [0.1, 0.15) is 6.92 Å². The molecule has 0 aromatic rings. The van der Waals surface area contributed by atoms with E-state index in [1.54, 1.807) is 23.8 Å². The van der Waals surface area contributed by atoms with E-state index in [-0.39, 0.29) is 17.9 Å². The van der Waals surface area contributed by atoms with Gasteiger partial charge in [-0.25, -0.2) is 0 Å². The predicted octanol–water partition coefficient (Wildman–Crippen LogP) is -0.740. The number of carbonyl (C=O) groups is 2. The van der Waals surface area contributed by atoms with Crippen molar-refractivity contribution in [3.05, 3.63) is 0 Å². The summed E-state index contributed by atoms with van der Waals surface area (Å²) in [7, 11) is 1.65. The summed E-state index contributed by atoms with van der Waals surface area (Å²) in [4.78, 5) is 24.8. The van der Waals surface area contributed by atoms with Crippen LogP contribution in [0.3, 0.4) is 0 Å². The molecule has 2 amide bonds. The second-order valence-corrected chi connectivity index (χ2v) is 5.04. The number of nitrogens with one attached hydrogen (secondary N) is 2. The molecule has 104 valence electrons. The molecule has 1 atom stereocenters. The Balaban J connectivity index is 2.18. The quantitative estimate of drug-likeness (QED) is 0.599. The fourth-order valence-corrected chi connectivity index (χ4v) is 2.88. The monoisotopic (exact) mass is 275 g/mol. The lowest BCUT2D eigenvalue weighted by atomic mass is 10.2. The van der Waals surface area contributed by atoms with Crippen LogP contribution in [0.25, 0.3) is 0 Å². The Labute approximate surface area is 112 Å². The minimum atomic E-state index is -0.313. The van der Waals surface area contributed by atoms with Crippen LogP contribution in [0.4, 0.5) is 0 Å². The molecule has 6 nitrogen and oxygen atoms in total. The summed E-state index contributed by atoms with van der Waals surface area (Å²) >= 11 is 1.61. The molecule has 1 aliphatic heterocycles. The first-order valence-electron chi connectivity index (χ1n) is 5.99. The zero-order chi connectivity index (χ0) is 13.4. The Bertz CT molecular complexity index is 289. The van der Waals surface area contributed by atoms with Crippen molar-refractivity contribution in [1.29, 1.82) is 0 Å². The van der Waals surface area contributed by atoms with Crippen molar-refractivity contribution in [2.24, 2.45) is 0 Å². The molecule has 0 aromatic carbocycles. The van der Waals surface area contributed by atoms with Gasteiger partial charge in [-0.15, -0.1) is 11.8 Å². The zero-order valence-electron chi connectivity index (χ0n) is 10.9. The Kier molecular flexibility index (Phi) is 7.07. The van der Waals surface area contributed by atoms with E-state index in [0.717, 1.165) is 6.54 Å². The molecular weight excluding hydrogens is 254 g/mol. The third-order valence-corrected chi connectivity index (χ3v) is 3.69. The highest BCUT2D eigenvalue weighted by atomic mass is 32.2. The number of ether oxygens (including phenoxy) is 1. The van der Waals surface area contributed by atoms with Crippen molar-refractivity contribution in [2.45, 2.75) is 13.0 Å². The average Bonchev–Trinajstić information content (AvgIpc) is 2.82. The molecular formula is C11H21N3O3S. The van der Waals surface area contributed by atoms with Gasteiger partial charge in [-0.3, -0.25) is 9.59 Å². The predicted molar refractivity (Wildman–Crippen MR) is 71.4 cm³/mol. The van der Waals surface area contributed by atoms with E-state index < -0.39 is 0 Å². The summed E-state index contributed by atoms with van der Waals surface area (Å²) in [6.45, 7) is 4.19. The molecule has 18 heavy (non-hydrogen) atoms. The van der Waals surface area contributed by atoms with Crippen LogP contribution in [0.5, 0.6) is 0 Å². The molecule has 0 saturated carbocycles. The van der Waals surface area contributed by atoms with E-state index in [1.807, 2.05) is 0 Å². The number of methoxy groups -OCH3 is 1. The minimum Gasteiger partial charge on any atom is -0.383 e. The molecule has 2 N–H and O–H groups in total. The van der Waals surface area contributed by atoms with Crippen molar-refractivity contribution in [1.82, 2.24) is 15.5 Å². The first-order valence-corrected chi connectivity index (χ1v) is 7.14. The lowest BCUT2D eigenvalue weighted by molar-refractivity contribution is -0.136. The van der Waals surface area contributed by atoms with Gasteiger partial charge in [-0.05, 0) is 0 Å². The highest BCUT2D eigenvalue weighted by molar-refractivity contribution is 7.99. The molecule has 1 rings (SSSR count). The summed E-state index contributed by atoms with van der Waals surface area (Å²) in [6, 6.07) is -0.313. The largest absolute Gasteiger partial charge is 0.383 e. The number of carbonyl (C=O) groups excluding carboxylic acids is 2. The van der Waals surface area contributed by atoms with Crippen LogP contribution in [0, 0.1) is 0 Å². The summed E-state index contributed by atoms with van der Waals surface area (Å²) in [6.07, 6.45) is 0.